The predicted molar refractivity (Wildman–Crippen MR) is 82.3 cm³/mol. The van der Waals surface area contributed by atoms with Gasteiger partial charge in [-0.3, -0.25) is 9.59 Å². The number of hydrogen-bond donors (Lipinski definition) is 2. The van der Waals surface area contributed by atoms with Gasteiger partial charge in [0, 0.05) is 11.4 Å². The van der Waals surface area contributed by atoms with Gasteiger partial charge in [0.05, 0.1) is 24.5 Å². The summed E-state index contributed by atoms with van der Waals surface area (Å²) >= 11 is 0. The van der Waals surface area contributed by atoms with Crippen molar-refractivity contribution < 1.29 is 9.59 Å². The molecular weight excluding hydrogens is 278 g/mol. The summed E-state index contributed by atoms with van der Waals surface area (Å²) in [5.74, 6) is -0.183. The lowest BCUT2D eigenvalue weighted by Gasteiger charge is -2.07. The van der Waals surface area contributed by atoms with Crippen LogP contribution in [-0.4, -0.2) is 11.8 Å². The number of anilines is 2. The fraction of sp³-hybridized carbons (Fsp3) is 0.118. The van der Waals surface area contributed by atoms with Crippen LogP contribution in [0.25, 0.3) is 0 Å². The van der Waals surface area contributed by atoms with Crippen molar-refractivity contribution in [1.82, 2.24) is 0 Å². The first-order valence-corrected chi connectivity index (χ1v) is 6.86. The van der Waals surface area contributed by atoms with Crippen molar-refractivity contribution in [2.75, 3.05) is 10.6 Å². The van der Waals surface area contributed by atoms with E-state index in [0.717, 1.165) is 16.8 Å². The van der Waals surface area contributed by atoms with Gasteiger partial charge in [-0.05, 0) is 35.4 Å². The number of nitrogens with zero attached hydrogens (tertiary/aromatic N) is 1. The van der Waals surface area contributed by atoms with E-state index in [-0.39, 0.29) is 18.2 Å². The molecular formula is C17H13N3O2. The van der Waals surface area contributed by atoms with E-state index in [9.17, 15) is 9.59 Å². The van der Waals surface area contributed by atoms with Crippen LogP contribution in [0.3, 0.4) is 0 Å². The monoisotopic (exact) mass is 291 g/mol. The minimum Gasteiger partial charge on any atom is -0.326 e. The smallest absolute Gasteiger partial charge is 0.228 e. The summed E-state index contributed by atoms with van der Waals surface area (Å²) in [5, 5.41) is 14.4. The molecule has 0 saturated carbocycles. The van der Waals surface area contributed by atoms with E-state index in [1.54, 1.807) is 24.3 Å². The van der Waals surface area contributed by atoms with Gasteiger partial charge in [0.1, 0.15) is 0 Å². The van der Waals surface area contributed by atoms with Crippen LogP contribution in [0.5, 0.6) is 0 Å². The molecule has 0 fully saturated rings. The summed E-state index contributed by atoms with van der Waals surface area (Å²) in [6.45, 7) is 0. The van der Waals surface area contributed by atoms with Crippen LogP contribution in [0.2, 0.25) is 0 Å². The Labute approximate surface area is 127 Å². The third-order valence-corrected chi connectivity index (χ3v) is 3.43. The van der Waals surface area contributed by atoms with E-state index in [2.05, 4.69) is 10.6 Å². The van der Waals surface area contributed by atoms with Crippen LogP contribution >= 0.6 is 0 Å². The molecule has 0 bridgehead atoms. The first-order valence-electron chi connectivity index (χ1n) is 6.86. The Kier molecular flexibility index (Phi) is 3.58. The van der Waals surface area contributed by atoms with E-state index in [0.29, 0.717) is 17.7 Å². The van der Waals surface area contributed by atoms with E-state index >= 15 is 0 Å². The van der Waals surface area contributed by atoms with Crippen molar-refractivity contribution in [3.63, 3.8) is 0 Å². The molecule has 22 heavy (non-hydrogen) atoms. The van der Waals surface area contributed by atoms with Gasteiger partial charge in [0.25, 0.3) is 0 Å². The Morgan fingerprint density at radius 3 is 2.95 bits per heavy atom. The standard InChI is InChI=1S/C17H13N3O2/c18-10-12-2-1-3-14(7-12)19-16(21)8-11-4-5-15-13(6-11)9-17(22)20-15/h1-7H,8-9H2,(H,19,21)(H,20,22). The van der Waals surface area contributed by atoms with Crippen molar-refractivity contribution in [3.8, 4) is 6.07 Å². The molecule has 2 aromatic rings. The molecule has 2 N–H and O–H groups in total. The van der Waals surface area contributed by atoms with E-state index in [1.165, 1.54) is 0 Å². The van der Waals surface area contributed by atoms with Gasteiger partial charge in [0.15, 0.2) is 0 Å². The van der Waals surface area contributed by atoms with Gasteiger partial charge in [-0.1, -0.05) is 18.2 Å². The third-order valence-electron chi connectivity index (χ3n) is 3.43. The van der Waals surface area contributed by atoms with Gasteiger partial charge in [-0.25, -0.2) is 0 Å². The Morgan fingerprint density at radius 2 is 2.14 bits per heavy atom. The number of benzene rings is 2. The first-order chi connectivity index (χ1) is 10.6. The summed E-state index contributed by atoms with van der Waals surface area (Å²) in [5.41, 5.74) is 3.68. The van der Waals surface area contributed by atoms with Crippen molar-refractivity contribution in [1.29, 1.82) is 5.26 Å². The molecule has 108 valence electrons. The Morgan fingerprint density at radius 1 is 1.27 bits per heavy atom. The summed E-state index contributed by atoms with van der Waals surface area (Å²) in [4.78, 5) is 23.4. The zero-order valence-electron chi connectivity index (χ0n) is 11.7. The summed E-state index contributed by atoms with van der Waals surface area (Å²) in [7, 11) is 0. The number of rotatable bonds is 3. The van der Waals surface area contributed by atoms with E-state index in [1.807, 2.05) is 24.3 Å². The van der Waals surface area contributed by atoms with Gasteiger partial charge in [0.2, 0.25) is 11.8 Å². The van der Waals surface area contributed by atoms with Crippen LogP contribution in [-0.2, 0) is 22.4 Å². The maximum Gasteiger partial charge on any atom is 0.228 e. The number of nitrogens with one attached hydrogen (secondary N) is 2. The van der Waals surface area contributed by atoms with Crippen LogP contribution in [0.15, 0.2) is 42.5 Å². The number of carbonyl (C=O) groups is 2. The minimum atomic E-state index is -0.160. The van der Waals surface area contributed by atoms with Crippen molar-refractivity contribution in [2.24, 2.45) is 0 Å². The highest BCUT2D eigenvalue weighted by molar-refractivity contribution is 5.99. The summed E-state index contributed by atoms with van der Waals surface area (Å²) < 4.78 is 0. The molecule has 1 aliphatic heterocycles. The fourth-order valence-corrected chi connectivity index (χ4v) is 2.45. The molecule has 3 rings (SSSR count). The topological polar surface area (TPSA) is 82.0 Å². The normalized spacial score (nSPS) is 12.2. The molecule has 1 heterocycles. The van der Waals surface area contributed by atoms with Gasteiger partial charge < -0.3 is 10.6 Å². The van der Waals surface area contributed by atoms with Crippen molar-refractivity contribution in [2.45, 2.75) is 12.8 Å². The largest absolute Gasteiger partial charge is 0.326 e. The number of amides is 2. The molecule has 2 amide bonds. The van der Waals surface area contributed by atoms with E-state index < -0.39 is 0 Å². The zero-order chi connectivity index (χ0) is 15.5. The lowest BCUT2D eigenvalue weighted by atomic mass is 10.1. The minimum absolute atomic E-state index is 0.0232. The highest BCUT2D eigenvalue weighted by atomic mass is 16.2. The molecule has 2 aromatic carbocycles. The molecule has 0 radical (unpaired) electrons. The SMILES string of the molecule is N#Cc1cccc(NC(=O)Cc2ccc3c(c2)CC(=O)N3)c1. The second-order valence-electron chi connectivity index (χ2n) is 5.13. The Balaban J connectivity index is 1.68. The number of carbonyl (C=O) groups excluding carboxylic acids is 2. The fourth-order valence-electron chi connectivity index (χ4n) is 2.45. The summed E-state index contributed by atoms with van der Waals surface area (Å²) in [6.07, 6.45) is 0.577. The van der Waals surface area contributed by atoms with Crippen LogP contribution < -0.4 is 10.6 Å². The molecule has 0 spiro atoms. The molecule has 5 heteroatoms. The maximum absolute atomic E-state index is 12.1. The van der Waals surface area contributed by atoms with E-state index in [4.69, 9.17) is 5.26 Å². The Bertz CT molecular complexity index is 806. The van der Waals surface area contributed by atoms with Gasteiger partial charge >= 0.3 is 0 Å². The molecule has 0 aliphatic carbocycles. The highest BCUT2D eigenvalue weighted by Crippen LogP contribution is 2.24. The molecule has 0 unspecified atom stereocenters. The zero-order valence-corrected chi connectivity index (χ0v) is 11.7. The molecule has 1 aliphatic rings. The summed E-state index contributed by atoms with van der Waals surface area (Å²) in [6, 6.07) is 14.3. The highest BCUT2D eigenvalue weighted by Gasteiger charge is 2.18. The van der Waals surface area contributed by atoms with Gasteiger partial charge in [-0.2, -0.15) is 5.26 Å². The van der Waals surface area contributed by atoms with Crippen LogP contribution in [0.1, 0.15) is 16.7 Å². The average Bonchev–Trinajstić information content (AvgIpc) is 2.86. The van der Waals surface area contributed by atoms with Gasteiger partial charge in [-0.15, -0.1) is 0 Å². The predicted octanol–water partition coefficient (Wildman–Crippen LogP) is 2.23. The molecule has 0 saturated heterocycles. The van der Waals surface area contributed by atoms with Crippen molar-refractivity contribution in [3.05, 3.63) is 59.2 Å². The molecule has 0 atom stereocenters. The molecule has 0 aromatic heterocycles. The quantitative estimate of drug-likeness (QED) is 0.909. The second kappa shape index (κ2) is 5.70. The maximum atomic E-state index is 12.1. The number of nitriles is 1. The second-order valence-corrected chi connectivity index (χ2v) is 5.13. The lowest BCUT2D eigenvalue weighted by molar-refractivity contribution is -0.116. The van der Waals surface area contributed by atoms with Crippen LogP contribution in [0.4, 0.5) is 11.4 Å². The Hall–Kier alpha value is -3.13. The first kappa shape index (κ1) is 13.8. The average molecular weight is 291 g/mol. The molecule has 5 nitrogen and oxygen atoms in total. The number of hydrogen-bond acceptors (Lipinski definition) is 3. The van der Waals surface area contributed by atoms with Crippen molar-refractivity contribution >= 4 is 23.2 Å². The number of fused-ring (bicyclic) bond motifs is 1. The van der Waals surface area contributed by atoms with Crippen LogP contribution in [0, 0.1) is 11.3 Å². The third kappa shape index (κ3) is 2.96. The lowest BCUT2D eigenvalue weighted by Crippen LogP contribution is -2.14.